The standard InChI is InChI=1S/C24H25ClO4/c1-13-7-8-14(16-10-9-15(25)12-18(16)29-6)11-17(13)19-20(26)23(2,3)22(28)24(4,5)21(19)27/h7-12,26H,1-6H3. The van der Waals surface area contributed by atoms with Crippen LogP contribution in [-0.4, -0.2) is 23.8 Å². The van der Waals surface area contributed by atoms with E-state index in [0.717, 1.165) is 16.7 Å². The summed E-state index contributed by atoms with van der Waals surface area (Å²) in [6.45, 7) is 8.42. The molecule has 0 atom stereocenters. The Morgan fingerprint density at radius 3 is 2.21 bits per heavy atom. The Labute approximate surface area is 176 Å². The third kappa shape index (κ3) is 3.25. The Balaban J connectivity index is 2.28. The van der Waals surface area contributed by atoms with E-state index in [1.54, 1.807) is 46.9 Å². The fraction of sp³-hybridized carbons (Fsp3) is 0.333. The third-order valence-electron chi connectivity index (χ3n) is 5.74. The summed E-state index contributed by atoms with van der Waals surface area (Å²) in [6.07, 6.45) is 0. The third-order valence-corrected chi connectivity index (χ3v) is 5.98. The second kappa shape index (κ2) is 7.03. The van der Waals surface area contributed by atoms with Gasteiger partial charge in [-0.15, -0.1) is 0 Å². The van der Waals surface area contributed by atoms with Crippen LogP contribution >= 0.6 is 11.6 Å². The molecule has 0 radical (unpaired) electrons. The lowest BCUT2D eigenvalue weighted by Gasteiger charge is -2.38. The van der Waals surface area contributed by atoms with Gasteiger partial charge in [0.25, 0.3) is 0 Å². The van der Waals surface area contributed by atoms with Gasteiger partial charge >= 0.3 is 0 Å². The van der Waals surface area contributed by atoms with Crippen molar-refractivity contribution in [2.45, 2.75) is 34.6 Å². The molecule has 0 aliphatic heterocycles. The van der Waals surface area contributed by atoms with E-state index in [9.17, 15) is 14.7 Å². The van der Waals surface area contributed by atoms with Gasteiger partial charge < -0.3 is 9.84 Å². The minimum atomic E-state index is -1.22. The fourth-order valence-electron chi connectivity index (χ4n) is 3.94. The summed E-state index contributed by atoms with van der Waals surface area (Å²) in [5.74, 6) is -0.237. The zero-order valence-corrected chi connectivity index (χ0v) is 18.3. The number of aliphatic hydroxyl groups excluding tert-OH is 1. The van der Waals surface area contributed by atoms with Crippen molar-refractivity contribution in [2.75, 3.05) is 7.11 Å². The number of ketones is 2. The van der Waals surface area contributed by atoms with Gasteiger partial charge in [0.15, 0.2) is 11.6 Å². The molecule has 0 amide bonds. The zero-order chi connectivity index (χ0) is 21.7. The normalized spacial score (nSPS) is 18.2. The van der Waals surface area contributed by atoms with Crippen LogP contribution in [0.4, 0.5) is 0 Å². The summed E-state index contributed by atoms with van der Waals surface area (Å²) in [6, 6.07) is 11.0. The molecule has 3 rings (SSSR count). The van der Waals surface area contributed by atoms with Gasteiger partial charge in [-0.3, -0.25) is 9.59 Å². The van der Waals surface area contributed by atoms with Crippen LogP contribution in [0.2, 0.25) is 5.02 Å². The first-order valence-corrected chi connectivity index (χ1v) is 9.79. The molecular weight excluding hydrogens is 388 g/mol. The van der Waals surface area contributed by atoms with Crippen molar-refractivity contribution in [3.05, 3.63) is 58.3 Å². The number of methoxy groups -OCH3 is 1. The van der Waals surface area contributed by atoms with Gasteiger partial charge in [0, 0.05) is 10.6 Å². The minimum absolute atomic E-state index is 0.185. The van der Waals surface area contributed by atoms with E-state index in [-0.39, 0.29) is 22.9 Å². The monoisotopic (exact) mass is 412 g/mol. The van der Waals surface area contributed by atoms with Gasteiger partial charge in [0.2, 0.25) is 0 Å². The number of aliphatic hydroxyl groups is 1. The van der Waals surface area contributed by atoms with E-state index in [1.165, 1.54) is 0 Å². The summed E-state index contributed by atoms with van der Waals surface area (Å²) in [7, 11) is 1.57. The summed E-state index contributed by atoms with van der Waals surface area (Å²) in [5.41, 5.74) is 0.911. The van der Waals surface area contributed by atoms with Crippen LogP contribution in [0, 0.1) is 17.8 Å². The second-order valence-corrected chi connectivity index (χ2v) is 8.94. The van der Waals surface area contributed by atoms with Gasteiger partial charge in [-0.25, -0.2) is 0 Å². The van der Waals surface area contributed by atoms with Gasteiger partial charge in [0.1, 0.15) is 11.5 Å². The van der Waals surface area contributed by atoms with Crippen LogP contribution < -0.4 is 4.74 Å². The highest BCUT2D eigenvalue weighted by molar-refractivity contribution is 6.34. The summed E-state index contributed by atoms with van der Waals surface area (Å²) < 4.78 is 5.46. The Morgan fingerprint density at radius 1 is 0.931 bits per heavy atom. The second-order valence-electron chi connectivity index (χ2n) is 8.51. The molecule has 0 fully saturated rings. The Bertz CT molecular complexity index is 1060. The number of carbonyl (C=O) groups is 2. The number of carbonyl (C=O) groups excluding carboxylic acids is 2. The quantitative estimate of drug-likeness (QED) is 0.647. The van der Waals surface area contributed by atoms with E-state index in [2.05, 4.69) is 0 Å². The molecule has 4 nitrogen and oxygen atoms in total. The molecule has 0 spiro atoms. The molecule has 0 saturated carbocycles. The molecule has 0 saturated heterocycles. The van der Waals surface area contributed by atoms with Crippen molar-refractivity contribution in [3.8, 4) is 16.9 Å². The van der Waals surface area contributed by atoms with Gasteiger partial charge in [0.05, 0.1) is 23.5 Å². The number of aryl methyl sites for hydroxylation is 1. The van der Waals surface area contributed by atoms with E-state index in [4.69, 9.17) is 16.3 Å². The number of ether oxygens (including phenoxy) is 1. The maximum Gasteiger partial charge on any atom is 0.179 e. The molecule has 0 aromatic heterocycles. The van der Waals surface area contributed by atoms with Gasteiger partial charge in [-0.2, -0.15) is 0 Å². The van der Waals surface area contributed by atoms with E-state index < -0.39 is 10.8 Å². The SMILES string of the molecule is COc1cc(Cl)ccc1-c1ccc(C)c(C2=C(O)C(C)(C)C(=O)C(C)(C)C2=O)c1. The van der Waals surface area contributed by atoms with Crippen molar-refractivity contribution >= 4 is 28.7 Å². The molecule has 5 heteroatoms. The lowest BCUT2D eigenvalue weighted by atomic mass is 9.62. The predicted octanol–water partition coefficient (Wildman–Crippen LogP) is 5.80. The zero-order valence-electron chi connectivity index (χ0n) is 17.5. The summed E-state index contributed by atoms with van der Waals surface area (Å²) in [4.78, 5) is 26.1. The molecule has 2 aromatic carbocycles. The molecule has 1 N–H and O–H groups in total. The highest BCUT2D eigenvalue weighted by Crippen LogP contribution is 2.47. The first kappa shape index (κ1) is 21.1. The molecule has 0 heterocycles. The smallest absolute Gasteiger partial charge is 0.179 e. The molecule has 2 aromatic rings. The summed E-state index contributed by atoms with van der Waals surface area (Å²) >= 11 is 6.08. The van der Waals surface area contributed by atoms with Crippen molar-refractivity contribution in [1.82, 2.24) is 0 Å². The van der Waals surface area contributed by atoms with Crippen LogP contribution in [0.25, 0.3) is 16.7 Å². The summed E-state index contributed by atoms with van der Waals surface area (Å²) in [5, 5.41) is 11.5. The topological polar surface area (TPSA) is 63.6 Å². The molecule has 1 aliphatic rings. The number of hydrogen-bond donors (Lipinski definition) is 1. The van der Waals surface area contributed by atoms with Crippen LogP contribution in [0.3, 0.4) is 0 Å². The van der Waals surface area contributed by atoms with Crippen LogP contribution in [0.1, 0.15) is 38.8 Å². The van der Waals surface area contributed by atoms with Gasteiger partial charge in [-0.05, 0) is 75.6 Å². The molecular formula is C24H25ClO4. The van der Waals surface area contributed by atoms with Crippen LogP contribution in [0.15, 0.2) is 42.2 Å². The predicted molar refractivity (Wildman–Crippen MR) is 115 cm³/mol. The van der Waals surface area contributed by atoms with Crippen molar-refractivity contribution in [2.24, 2.45) is 10.8 Å². The van der Waals surface area contributed by atoms with Gasteiger partial charge in [-0.1, -0.05) is 23.7 Å². The Morgan fingerprint density at radius 2 is 1.59 bits per heavy atom. The number of hydrogen-bond acceptors (Lipinski definition) is 4. The van der Waals surface area contributed by atoms with Crippen molar-refractivity contribution in [3.63, 3.8) is 0 Å². The maximum atomic E-state index is 13.2. The van der Waals surface area contributed by atoms with E-state index >= 15 is 0 Å². The molecule has 152 valence electrons. The number of halogens is 1. The minimum Gasteiger partial charge on any atom is -0.510 e. The van der Waals surface area contributed by atoms with Crippen LogP contribution in [-0.2, 0) is 9.59 Å². The van der Waals surface area contributed by atoms with E-state index in [1.807, 2.05) is 31.2 Å². The first-order chi connectivity index (χ1) is 13.4. The number of benzene rings is 2. The van der Waals surface area contributed by atoms with Crippen molar-refractivity contribution < 1.29 is 19.4 Å². The van der Waals surface area contributed by atoms with Crippen molar-refractivity contribution in [1.29, 1.82) is 0 Å². The lowest BCUT2D eigenvalue weighted by Crippen LogP contribution is -2.48. The first-order valence-electron chi connectivity index (χ1n) is 9.41. The molecule has 0 unspecified atom stereocenters. The Kier molecular flexibility index (Phi) is 5.12. The molecule has 29 heavy (non-hydrogen) atoms. The highest BCUT2D eigenvalue weighted by atomic mass is 35.5. The highest BCUT2D eigenvalue weighted by Gasteiger charge is 2.53. The molecule has 1 aliphatic carbocycles. The van der Waals surface area contributed by atoms with Crippen LogP contribution in [0.5, 0.6) is 5.75 Å². The average Bonchev–Trinajstić information content (AvgIpc) is 2.67. The number of Topliss-reactive ketones (excluding diaryl/α,β-unsaturated/α-hetero) is 2. The molecule has 0 bridgehead atoms. The average molecular weight is 413 g/mol. The number of allylic oxidation sites excluding steroid dienone is 2. The largest absolute Gasteiger partial charge is 0.510 e. The number of rotatable bonds is 3. The lowest BCUT2D eigenvalue weighted by molar-refractivity contribution is -0.143. The van der Waals surface area contributed by atoms with E-state index in [0.29, 0.717) is 16.3 Å². The maximum absolute atomic E-state index is 13.2. The fourth-order valence-corrected chi connectivity index (χ4v) is 4.10. The Hall–Kier alpha value is -2.59.